The van der Waals surface area contributed by atoms with Crippen molar-refractivity contribution < 1.29 is 13.2 Å². The number of ether oxygens (including phenoxy) is 1. The molecule has 1 rings (SSSR count). The molecule has 1 aromatic rings. The van der Waals surface area contributed by atoms with Crippen molar-refractivity contribution in [2.24, 2.45) is 5.73 Å². The molecule has 3 N–H and O–H groups in total. The van der Waals surface area contributed by atoms with E-state index in [1.807, 2.05) is 6.92 Å². The van der Waals surface area contributed by atoms with Gasteiger partial charge in [0, 0.05) is 18.7 Å². The van der Waals surface area contributed by atoms with Crippen molar-refractivity contribution in [2.45, 2.75) is 24.3 Å². The number of methoxy groups -OCH3 is 1. The summed E-state index contributed by atoms with van der Waals surface area (Å²) in [5, 5.41) is 0.157. The Kier molecular flexibility index (Phi) is 7.69. The van der Waals surface area contributed by atoms with Crippen LogP contribution < -0.4 is 15.2 Å². The molecule has 0 bridgehead atoms. The zero-order chi connectivity index (χ0) is 13.8. The van der Waals surface area contributed by atoms with Gasteiger partial charge in [0.05, 0.1) is 12.1 Å². The Morgan fingerprint density at radius 2 is 2.11 bits per heavy atom. The third-order valence-corrected chi connectivity index (χ3v) is 4.26. The fourth-order valence-corrected chi connectivity index (χ4v) is 2.88. The van der Waals surface area contributed by atoms with E-state index in [4.69, 9.17) is 22.1 Å². The topological polar surface area (TPSA) is 81.4 Å². The number of hydrogen-bond acceptors (Lipinski definition) is 4. The summed E-state index contributed by atoms with van der Waals surface area (Å²) in [5.74, 6) is 0.437. The number of benzene rings is 1. The van der Waals surface area contributed by atoms with Gasteiger partial charge in [0.1, 0.15) is 10.6 Å². The number of sulfonamides is 1. The summed E-state index contributed by atoms with van der Waals surface area (Å²) in [7, 11) is -2.18. The van der Waals surface area contributed by atoms with E-state index in [2.05, 4.69) is 4.72 Å². The van der Waals surface area contributed by atoms with E-state index in [0.29, 0.717) is 12.2 Å². The molecule has 0 saturated heterocycles. The van der Waals surface area contributed by atoms with Crippen molar-refractivity contribution in [3.05, 3.63) is 23.2 Å². The fourth-order valence-electron chi connectivity index (χ4n) is 1.32. The summed E-state index contributed by atoms with van der Waals surface area (Å²) in [6.45, 7) is 2.08. The first-order valence-corrected chi connectivity index (χ1v) is 7.31. The molecule has 0 amide bonds. The van der Waals surface area contributed by atoms with Crippen LogP contribution in [0.1, 0.15) is 13.3 Å². The summed E-state index contributed by atoms with van der Waals surface area (Å²) in [4.78, 5) is 0.00758. The van der Waals surface area contributed by atoms with E-state index in [0.717, 1.165) is 0 Å². The number of nitrogens with one attached hydrogen (secondary N) is 1. The summed E-state index contributed by atoms with van der Waals surface area (Å²) in [5.41, 5.74) is 5.56. The predicted octanol–water partition coefficient (Wildman–Crippen LogP) is 1.79. The summed E-state index contributed by atoms with van der Waals surface area (Å²) < 4.78 is 31.4. The van der Waals surface area contributed by atoms with Crippen molar-refractivity contribution in [1.29, 1.82) is 0 Å². The highest BCUT2D eigenvalue weighted by Gasteiger charge is 2.18. The highest BCUT2D eigenvalue weighted by molar-refractivity contribution is 7.89. The fraction of sp³-hybridized carbons (Fsp3) is 0.455. The standard InChI is InChI=1S/C11H17ClN2O3S.ClH/c1-8(13)5-6-14-18(15,16)11-7-9(17-2)3-4-10(11)12;/h3-4,7-8,14H,5-6,13H2,1-2H3;1H. The largest absolute Gasteiger partial charge is 0.497 e. The second-order valence-electron chi connectivity index (χ2n) is 3.96. The summed E-state index contributed by atoms with van der Waals surface area (Å²) >= 11 is 5.88. The lowest BCUT2D eigenvalue weighted by Crippen LogP contribution is -2.29. The normalized spacial score (nSPS) is 12.6. The van der Waals surface area contributed by atoms with E-state index < -0.39 is 10.0 Å². The summed E-state index contributed by atoms with van der Waals surface area (Å²) in [6.07, 6.45) is 0.556. The van der Waals surface area contributed by atoms with Gasteiger partial charge < -0.3 is 10.5 Å². The van der Waals surface area contributed by atoms with Gasteiger partial charge in [-0.15, -0.1) is 12.4 Å². The Labute approximate surface area is 124 Å². The van der Waals surface area contributed by atoms with Crippen LogP contribution in [-0.2, 0) is 10.0 Å². The van der Waals surface area contributed by atoms with Crippen molar-refractivity contribution in [3.63, 3.8) is 0 Å². The average molecular weight is 329 g/mol. The lowest BCUT2D eigenvalue weighted by molar-refractivity contribution is 0.413. The molecular formula is C11H18Cl2N2O3S. The lowest BCUT2D eigenvalue weighted by atomic mass is 10.3. The predicted molar refractivity (Wildman–Crippen MR) is 78.7 cm³/mol. The average Bonchev–Trinajstić information content (AvgIpc) is 2.28. The monoisotopic (exact) mass is 328 g/mol. The molecule has 8 heteroatoms. The molecule has 0 heterocycles. The van der Waals surface area contributed by atoms with Gasteiger partial charge in [-0.2, -0.15) is 0 Å². The van der Waals surface area contributed by atoms with Gasteiger partial charge in [-0.05, 0) is 25.5 Å². The van der Waals surface area contributed by atoms with Gasteiger partial charge in [-0.1, -0.05) is 11.6 Å². The zero-order valence-electron chi connectivity index (χ0n) is 10.7. The molecule has 19 heavy (non-hydrogen) atoms. The molecule has 0 aliphatic rings. The zero-order valence-corrected chi connectivity index (χ0v) is 13.1. The van der Waals surface area contributed by atoms with Crippen molar-refractivity contribution >= 4 is 34.0 Å². The van der Waals surface area contributed by atoms with Crippen LogP contribution in [0.2, 0.25) is 5.02 Å². The van der Waals surface area contributed by atoms with Gasteiger partial charge in [0.25, 0.3) is 0 Å². The maximum absolute atomic E-state index is 12.0. The van der Waals surface area contributed by atoms with E-state index in [-0.39, 0.29) is 34.9 Å². The Bertz CT molecular complexity index is 507. The first-order chi connectivity index (χ1) is 8.36. The lowest BCUT2D eigenvalue weighted by Gasteiger charge is -2.10. The van der Waals surface area contributed by atoms with Crippen LogP contribution in [0.3, 0.4) is 0 Å². The quantitative estimate of drug-likeness (QED) is 0.834. The third kappa shape index (κ3) is 5.54. The molecular weight excluding hydrogens is 311 g/mol. The van der Waals surface area contributed by atoms with Crippen LogP contribution in [0.25, 0.3) is 0 Å². The maximum Gasteiger partial charge on any atom is 0.242 e. The van der Waals surface area contributed by atoms with Crippen LogP contribution in [0.4, 0.5) is 0 Å². The van der Waals surface area contributed by atoms with Gasteiger partial charge in [-0.25, -0.2) is 13.1 Å². The van der Waals surface area contributed by atoms with Crippen LogP contribution in [-0.4, -0.2) is 28.1 Å². The minimum atomic E-state index is -3.64. The Hall–Kier alpha value is -0.530. The van der Waals surface area contributed by atoms with E-state index in [1.165, 1.54) is 19.2 Å². The van der Waals surface area contributed by atoms with Crippen molar-refractivity contribution in [2.75, 3.05) is 13.7 Å². The van der Waals surface area contributed by atoms with E-state index in [1.54, 1.807) is 6.07 Å². The first kappa shape index (κ1) is 18.5. The molecule has 0 aliphatic carbocycles. The third-order valence-electron chi connectivity index (χ3n) is 2.32. The maximum atomic E-state index is 12.0. The number of nitrogens with two attached hydrogens (primary N) is 1. The molecule has 0 radical (unpaired) electrons. The van der Waals surface area contributed by atoms with Gasteiger partial charge in [0.2, 0.25) is 10.0 Å². The Morgan fingerprint density at radius 3 is 2.63 bits per heavy atom. The minimum absolute atomic E-state index is 0. The molecule has 0 saturated carbocycles. The van der Waals surface area contributed by atoms with Crippen LogP contribution in [0.15, 0.2) is 23.1 Å². The summed E-state index contributed by atoms with van der Waals surface area (Å²) in [6, 6.07) is 4.41. The Balaban J connectivity index is 0.00000324. The van der Waals surface area contributed by atoms with Gasteiger partial charge >= 0.3 is 0 Å². The van der Waals surface area contributed by atoms with E-state index in [9.17, 15) is 8.42 Å². The second-order valence-corrected chi connectivity index (χ2v) is 6.10. The molecule has 5 nitrogen and oxygen atoms in total. The molecule has 1 unspecified atom stereocenters. The van der Waals surface area contributed by atoms with Crippen LogP contribution >= 0.6 is 24.0 Å². The number of rotatable bonds is 6. The number of halogens is 2. The Morgan fingerprint density at radius 1 is 1.47 bits per heavy atom. The highest BCUT2D eigenvalue weighted by atomic mass is 35.5. The molecule has 110 valence electrons. The minimum Gasteiger partial charge on any atom is -0.497 e. The molecule has 0 fully saturated rings. The van der Waals surface area contributed by atoms with Gasteiger partial charge in [0.15, 0.2) is 0 Å². The highest BCUT2D eigenvalue weighted by Crippen LogP contribution is 2.25. The van der Waals surface area contributed by atoms with Crippen LogP contribution in [0.5, 0.6) is 5.75 Å². The number of hydrogen-bond donors (Lipinski definition) is 2. The molecule has 0 aromatic heterocycles. The van der Waals surface area contributed by atoms with Gasteiger partial charge in [-0.3, -0.25) is 0 Å². The molecule has 0 aliphatic heterocycles. The second kappa shape index (κ2) is 7.91. The SMILES string of the molecule is COc1ccc(Cl)c(S(=O)(=O)NCCC(C)N)c1.Cl. The van der Waals surface area contributed by atoms with Crippen molar-refractivity contribution in [3.8, 4) is 5.75 Å². The van der Waals surface area contributed by atoms with E-state index >= 15 is 0 Å². The van der Waals surface area contributed by atoms with Crippen LogP contribution in [0, 0.1) is 0 Å². The molecule has 1 atom stereocenters. The molecule has 1 aromatic carbocycles. The molecule has 0 spiro atoms. The smallest absolute Gasteiger partial charge is 0.242 e. The van der Waals surface area contributed by atoms with Crippen molar-refractivity contribution in [1.82, 2.24) is 4.72 Å². The first-order valence-electron chi connectivity index (χ1n) is 5.45.